The van der Waals surface area contributed by atoms with Gasteiger partial charge in [0.25, 0.3) is 0 Å². The Morgan fingerprint density at radius 1 is 1.38 bits per heavy atom. The maximum atomic E-state index is 5.71. The van der Waals surface area contributed by atoms with E-state index in [-0.39, 0.29) is 5.54 Å². The second-order valence-electron chi connectivity index (χ2n) is 6.89. The van der Waals surface area contributed by atoms with Gasteiger partial charge in [0.15, 0.2) is 0 Å². The van der Waals surface area contributed by atoms with E-state index in [1.165, 1.54) is 24.1 Å². The summed E-state index contributed by atoms with van der Waals surface area (Å²) in [7, 11) is 2.14. The standard InChI is InChI=1S/C17H27BrN2O/c1-17(2,3)19-11-13-7-8-14(10-16(13)18)20(4)12-15-6-5-9-21-15/h7-8,10,15,19H,5-6,9,11-12H2,1-4H3. The Kier molecular flexibility index (Phi) is 5.69. The van der Waals surface area contributed by atoms with Crippen LogP contribution in [0.1, 0.15) is 39.2 Å². The lowest BCUT2D eigenvalue weighted by Crippen LogP contribution is -2.35. The average molecular weight is 355 g/mol. The van der Waals surface area contributed by atoms with Crippen molar-refractivity contribution in [3.63, 3.8) is 0 Å². The van der Waals surface area contributed by atoms with Gasteiger partial charge in [-0.15, -0.1) is 0 Å². The van der Waals surface area contributed by atoms with Crippen molar-refractivity contribution < 1.29 is 4.74 Å². The van der Waals surface area contributed by atoms with Crippen LogP contribution in [0.15, 0.2) is 22.7 Å². The molecule has 1 unspecified atom stereocenters. The number of nitrogens with one attached hydrogen (secondary N) is 1. The molecule has 21 heavy (non-hydrogen) atoms. The first kappa shape index (κ1) is 16.8. The van der Waals surface area contributed by atoms with Crippen molar-refractivity contribution in [2.24, 2.45) is 0 Å². The quantitative estimate of drug-likeness (QED) is 0.866. The molecular formula is C17H27BrN2O. The second-order valence-corrected chi connectivity index (χ2v) is 7.75. The van der Waals surface area contributed by atoms with E-state index >= 15 is 0 Å². The number of rotatable bonds is 5. The first-order valence-corrected chi connectivity index (χ1v) is 8.51. The minimum atomic E-state index is 0.134. The highest BCUT2D eigenvalue weighted by Crippen LogP contribution is 2.25. The molecule has 0 aliphatic carbocycles. The predicted octanol–water partition coefficient (Wildman–Crippen LogP) is 3.95. The summed E-state index contributed by atoms with van der Waals surface area (Å²) in [6, 6.07) is 6.60. The Hall–Kier alpha value is -0.580. The van der Waals surface area contributed by atoms with E-state index in [0.717, 1.165) is 24.2 Å². The van der Waals surface area contributed by atoms with Gasteiger partial charge in [-0.1, -0.05) is 22.0 Å². The number of halogens is 1. The molecule has 3 nitrogen and oxygen atoms in total. The number of likely N-dealkylation sites (N-methyl/N-ethyl adjacent to an activating group) is 1. The van der Waals surface area contributed by atoms with E-state index in [2.05, 4.69) is 72.2 Å². The number of hydrogen-bond donors (Lipinski definition) is 1. The van der Waals surface area contributed by atoms with Crippen molar-refractivity contribution in [1.29, 1.82) is 0 Å². The Bertz CT molecular complexity index is 464. The Labute approximate surface area is 137 Å². The highest BCUT2D eigenvalue weighted by atomic mass is 79.9. The molecule has 1 aromatic carbocycles. The fourth-order valence-electron chi connectivity index (χ4n) is 2.48. The van der Waals surface area contributed by atoms with Gasteiger partial charge < -0.3 is 15.0 Å². The van der Waals surface area contributed by atoms with Crippen molar-refractivity contribution in [1.82, 2.24) is 5.32 Å². The third-order valence-electron chi connectivity index (χ3n) is 3.79. The van der Waals surface area contributed by atoms with Crippen molar-refractivity contribution in [2.75, 3.05) is 25.1 Å². The topological polar surface area (TPSA) is 24.5 Å². The van der Waals surface area contributed by atoms with Gasteiger partial charge in [-0.05, 0) is 51.3 Å². The maximum Gasteiger partial charge on any atom is 0.0750 e. The minimum absolute atomic E-state index is 0.134. The zero-order valence-corrected chi connectivity index (χ0v) is 15.2. The fourth-order valence-corrected chi connectivity index (χ4v) is 2.98. The van der Waals surface area contributed by atoms with Gasteiger partial charge in [-0.25, -0.2) is 0 Å². The molecule has 1 aliphatic heterocycles. The third-order valence-corrected chi connectivity index (χ3v) is 4.53. The predicted molar refractivity (Wildman–Crippen MR) is 93.0 cm³/mol. The van der Waals surface area contributed by atoms with Crippen molar-refractivity contribution in [3.8, 4) is 0 Å². The van der Waals surface area contributed by atoms with Crippen molar-refractivity contribution in [2.45, 2.75) is 51.8 Å². The molecule has 1 aliphatic rings. The van der Waals surface area contributed by atoms with Crippen LogP contribution in [0.3, 0.4) is 0 Å². The molecule has 0 radical (unpaired) electrons. The third kappa shape index (κ3) is 5.28. The summed E-state index contributed by atoms with van der Waals surface area (Å²) in [4.78, 5) is 2.28. The lowest BCUT2D eigenvalue weighted by molar-refractivity contribution is 0.116. The summed E-state index contributed by atoms with van der Waals surface area (Å²) in [5.41, 5.74) is 2.66. The number of benzene rings is 1. The monoisotopic (exact) mass is 354 g/mol. The van der Waals surface area contributed by atoms with Gasteiger partial charge >= 0.3 is 0 Å². The van der Waals surface area contributed by atoms with Crippen LogP contribution < -0.4 is 10.2 Å². The Morgan fingerprint density at radius 2 is 2.14 bits per heavy atom. The normalized spacial score (nSPS) is 19.0. The SMILES string of the molecule is CN(CC1CCCO1)c1ccc(CNC(C)(C)C)c(Br)c1. The van der Waals surface area contributed by atoms with Gasteiger partial charge in [-0.3, -0.25) is 0 Å². The van der Waals surface area contributed by atoms with E-state index in [9.17, 15) is 0 Å². The molecule has 0 amide bonds. The summed E-state index contributed by atoms with van der Waals surface area (Å²) >= 11 is 3.70. The van der Waals surface area contributed by atoms with Gasteiger partial charge in [0.1, 0.15) is 0 Å². The number of ether oxygens (including phenoxy) is 1. The van der Waals surface area contributed by atoms with E-state index < -0.39 is 0 Å². The molecule has 0 aromatic heterocycles. The zero-order valence-electron chi connectivity index (χ0n) is 13.6. The van der Waals surface area contributed by atoms with Crippen LogP contribution in [0.5, 0.6) is 0 Å². The summed E-state index contributed by atoms with van der Waals surface area (Å²) in [5, 5.41) is 3.52. The van der Waals surface area contributed by atoms with Crippen LogP contribution in [0.2, 0.25) is 0 Å². The summed E-state index contributed by atoms with van der Waals surface area (Å²) < 4.78 is 6.87. The molecular weight excluding hydrogens is 328 g/mol. The average Bonchev–Trinajstić information content (AvgIpc) is 2.89. The zero-order chi connectivity index (χ0) is 15.5. The van der Waals surface area contributed by atoms with Crippen LogP contribution in [0, 0.1) is 0 Å². The molecule has 0 bridgehead atoms. The van der Waals surface area contributed by atoms with Crippen LogP contribution >= 0.6 is 15.9 Å². The van der Waals surface area contributed by atoms with Crippen LogP contribution in [0.4, 0.5) is 5.69 Å². The molecule has 118 valence electrons. The van der Waals surface area contributed by atoms with E-state index in [1.807, 2.05) is 0 Å². The summed E-state index contributed by atoms with van der Waals surface area (Å²) in [6.45, 7) is 9.31. The Balaban J connectivity index is 1.97. The molecule has 0 spiro atoms. The molecule has 4 heteroatoms. The van der Waals surface area contributed by atoms with Crippen molar-refractivity contribution in [3.05, 3.63) is 28.2 Å². The number of anilines is 1. The fraction of sp³-hybridized carbons (Fsp3) is 0.647. The maximum absolute atomic E-state index is 5.71. The molecule has 1 saturated heterocycles. The molecule has 0 saturated carbocycles. The second kappa shape index (κ2) is 7.12. The summed E-state index contributed by atoms with van der Waals surface area (Å²) in [5.74, 6) is 0. The summed E-state index contributed by atoms with van der Waals surface area (Å²) in [6.07, 6.45) is 2.76. The van der Waals surface area contributed by atoms with Crippen LogP contribution in [-0.2, 0) is 11.3 Å². The molecule has 1 N–H and O–H groups in total. The first-order valence-electron chi connectivity index (χ1n) is 7.71. The first-order chi connectivity index (χ1) is 9.85. The van der Waals surface area contributed by atoms with E-state index in [0.29, 0.717) is 6.10 Å². The molecule has 2 rings (SSSR count). The molecule has 1 heterocycles. The van der Waals surface area contributed by atoms with Gasteiger partial charge in [-0.2, -0.15) is 0 Å². The van der Waals surface area contributed by atoms with Crippen LogP contribution in [-0.4, -0.2) is 31.8 Å². The lowest BCUT2D eigenvalue weighted by atomic mass is 10.1. The minimum Gasteiger partial charge on any atom is -0.376 e. The number of hydrogen-bond acceptors (Lipinski definition) is 3. The lowest BCUT2D eigenvalue weighted by Gasteiger charge is -2.24. The highest BCUT2D eigenvalue weighted by molar-refractivity contribution is 9.10. The van der Waals surface area contributed by atoms with Crippen molar-refractivity contribution >= 4 is 21.6 Å². The smallest absolute Gasteiger partial charge is 0.0750 e. The van der Waals surface area contributed by atoms with Gasteiger partial charge in [0, 0.05) is 42.4 Å². The Morgan fingerprint density at radius 3 is 2.71 bits per heavy atom. The van der Waals surface area contributed by atoms with Crippen LogP contribution in [0.25, 0.3) is 0 Å². The largest absolute Gasteiger partial charge is 0.376 e. The highest BCUT2D eigenvalue weighted by Gasteiger charge is 2.18. The van der Waals surface area contributed by atoms with Gasteiger partial charge in [0.2, 0.25) is 0 Å². The molecule has 1 atom stereocenters. The van der Waals surface area contributed by atoms with E-state index in [1.54, 1.807) is 0 Å². The van der Waals surface area contributed by atoms with E-state index in [4.69, 9.17) is 4.74 Å². The number of nitrogens with zero attached hydrogens (tertiary/aromatic N) is 1. The van der Waals surface area contributed by atoms with Gasteiger partial charge in [0.05, 0.1) is 6.10 Å². The molecule has 1 aromatic rings. The molecule has 1 fully saturated rings.